The summed E-state index contributed by atoms with van der Waals surface area (Å²) < 4.78 is 2.27. The number of benzene rings is 6. The summed E-state index contributed by atoms with van der Waals surface area (Å²) in [4.78, 5) is 10.6. The molecule has 8 aromatic rings. The van der Waals surface area contributed by atoms with Gasteiger partial charge in [-0.1, -0.05) is 186 Å². The van der Waals surface area contributed by atoms with Gasteiger partial charge in [0.05, 0.1) is 16.6 Å². The molecule has 0 saturated heterocycles. The molecule has 0 radical (unpaired) electrons. The fourth-order valence-corrected chi connectivity index (χ4v) is 8.56. The van der Waals surface area contributed by atoms with Gasteiger partial charge in [0.15, 0.2) is 0 Å². The third kappa shape index (κ3) is 9.71. The smallest absolute Gasteiger partial charge is 0.148 e. The van der Waals surface area contributed by atoms with E-state index in [4.69, 9.17) is 9.97 Å². The molecule has 1 N–H and O–H groups in total. The summed E-state index contributed by atoms with van der Waals surface area (Å²) in [5.74, 6) is 1.34. The Balaban J connectivity index is 0.00000630. The molecular weight excluding hydrogens is 974 g/mol. The van der Waals surface area contributed by atoms with E-state index in [0.717, 1.165) is 72.5 Å². The number of para-hydroxylation sites is 1. The Morgan fingerprint density at radius 1 is 0.538 bits per heavy atom. The number of aromatic hydroxyl groups is 1. The van der Waals surface area contributed by atoms with Crippen molar-refractivity contribution in [3.05, 3.63) is 167 Å². The molecule has 65 heavy (non-hydrogen) atoms. The van der Waals surface area contributed by atoms with Crippen molar-refractivity contribution in [2.75, 3.05) is 0 Å². The van der Waals surface area contributed by atoms with Crippen LogP contribution in [0.2, 0.25) is 0 Å². The molecule has 0 aliphatic heterocycles. The Labute approximate surface area is 402 Å². The number of rotatable bonds is 8. The molecule has 5 heteroatoms. The predicted octanol–water partition coefficient (Wildman–Crippen LogP) is 16.4. The van der Waals surface area contributed by atoms with Gasteiger partial charge in [0.2, 0.25) is 0 Å². The normalized spacial score (nSPS) is 12.3. The number of phenols is 1. The largest absolute Gasteiger partial charge is 0.507 e. The van der Waals surface area contributed by atoms with Crippen LogP contribution in [-0.2, 0) is 37.3 Å². The molecule has 0 atom stereocenters. The molecule has 0 aliphatic rings. The molecule has 0 bridgehead atoms. The summed E-state index contributed by atoms with van der Waals surface area (Å²) in [6.45, 7) is 29.0. The Morgan fingerprint density at radius 2 is 1.17 bits per heavy atom. The number of aromatic nitrogens is 3. The van der Waals surface area contributed by atoms with E-state index >= 15 is 0 Å². The van der Waals surface area contributed by atoms with Crippen LogP contribution in [0.5, 0.6) is 5.75 Å². The minimum atomic E-state index is -0.158. The summed E-state index contributed by atoms with van der Waals surface area (Å²) in [7, 11) is 0. The summed E-state index contributed by atoms with van der Waals surface area (Å²) in [5, 5.41) is 12.3. The van der Waals surface area contributed by atoms with Crippen LogP contribution >= 0.6 is 0 Å². The van der Waals surface area contributed by atoms with Crippen LogP contribution in [-0.4, -0.2) is 19.6 Å². The molecule has 0 saturated carbocycles. The van der Waals surface area contributed by atoms with Gasteiger partial charge in [0.25, 0.3) is 0 Å². The zero-order valence-corrected chi connectivity index (χ0v) is 42.7. The van der Waals surface area contributed by atoms with Gasteiger partial charge in [-0.25, -0.2) is 4.98 Å². The van der Waals surface area contributed by atoms with Crippen molar-refractivity contribution < 1.29 is 26.2 Å². The van der Waals surface area contributed by atoms with E-state index in [2.05, 4.69) is 228 Å². The Morgan fingerprint density at radius 3 is 1.80 bits per heavy atom. The fraction of sp³-hybridized carbons (Fsp3) is 0.300. The van der Waals surface area contributed by atoms with Gasteiger partial charge in [-0.3, -0.25) is 9.55 Å². The van der Waals surface area contributed by atoms with Crippen molar-refractivity contribution in [1.82, 2.24) is 14.5 Å². The second-order valence-corrected chi connectivity index (χ2v) is 21.3. The minimum absolute atomic E-state index is 0. The van der Waals surface area contributed by atoms with Crippen LogP contribution in [0, 0.1) is 6.07 Å². The fourth-order valence-electron chi connectivity index (χ4n) is 8.56. The monoisotopic (exact) mass is 1040 g/mol. The van der Waals surface area contributed by atoms with Gasteiger partial charge in [-0.2, -0.15) is 0 Å². The van der Waals surface area contributed by atoms with Crippen molar-refractivity contribution >= 4 is 11.0 Å². The molecule has 4 nitrogen and oxygen atoms in total. The predicted molar refractivity (Wildman–Crippen MR) is 271 cm³/mol. The molecule has 6 aromatic carbocycles. The second-order valence-electron chi connectivity index (χ2n) is 21.3. The van der Waals surface area contributed by atoms with E-state index in [1.807, 2.05) is 6.20 Å². The Bertz CT molecular complexity index is 2990. The molecule has 0 spiro atoms. The number of imidazole rings is 1. The molecule has 8 rings (SSSR count). The Hall–Kier alpha value is -5.57. The van der Waals surface area contributed by atoms with Crippen molar-refractivity contribution in [2.24, 2.45) is 0 Å². The van der Waals surface area contributed by atoms with Crippen molar-refractivity contribution in [3.8, 4) is 67.5 Å². The number of hydrogen-bond donors (Lipinski definition) is 1. The summed E-state index contributed by atoms with van der Waals surface area (Å²) in [6, 6.07) is 49.8. The standard InChI is InChI=1S/C60H64N3O.Pt/c1-37(2)42-33-51(38(3)4)56(64)52(34-42)57-62-55-50(20-17-21-54(55)63(57)49-32-43(39-18-15-14-16-19-39)29-48(36-49)60(11,12)13)44-28-45(31-47(30-44)59(8,9)10)53-35-41(26-27-61-53)40-22-24-46(25-23-40)58(5,6)7;/h14-27,29-38,64H,1-13H3;/q-1;. The molecule has 0 fully saturated rings. The minimum Gasteiger partial charge on any atom is -0.507 e. The molecule has 0 unspecified atom stereocenters. The van der Waals surface area contributed by atoms with Gasteiger partial charge in [-0.05, 0) is 103 Å². The van der Waals surface area contributed by atoms with E-state index in [1.165, 1.54) is 22.3 Å². The van der Waals surface area contributed by atoms with Crippen LogP contribution in [0.3, 0.4) is 0 Å². The first kappa shape index (κ1) is 47.4. The van der Waals surface area contributed by atoms with E-state index in [0.29, 0.717) is 5.82 Å². The van der Waals surface area contributed by atoms with Crippen molar-refractivity contribution in [2.45, 2.75) is 118 Å². The maximum Gasteiger partial charge on any atom is 0.148 e. The van der Waals surface area contributed by atoms with Crippen LogP contribution in [0.4, 0.5) is 0 Å². The number of nitrogens with zero attached hydrogens (tertiary/aromatic N) is 3. The van der Waals surface area contributed by atoms with E-state index in [1.54, 1.807) is 0 Å². The summed E-state index contributed by atoms with van der Waals surface area (Å²) in [5.41, 5.74) is 17.4. The summed E-state index contributed by atoms with van der Waals surface area (Å²) >= 11 is 0. The summed E-state index contributed by atoms with van der Waals surface area (Å²) in [6.07, 6.45) is 1.91. The van der Waals surface area contributed by atoms with E-state index in [-0.39, 0.29) is 54.9 Å². The molecule has 336 valence electrons. The quantitative estimate of drug-likeness (QED) is 0.154. The molecule has 0 amide bonds. The van der Waals surface area contributed by atoms with Crippen molar-refractivity contribution in [3.63, 3.8) is 0 Å². The third-order valence-corrected chi connectivity index (χ3v) is 12.7. The molecule has 2 aromatic heterocycles. The van der Waals surface area contributed by atoms with Crippen molar-refractivity contribution in [1.29, 1.82) is 0 Å². The topological polar surface area (TPSA) is 50.9 Å². The maximum atomic E-state index is 12.3. The zero-order chi connectivity index (χ0) is 45.9. The zero-order valence-electron chi connectivity index (χ0n) is 40.5. The second kappa shape index (κ2) is 18.0. The van der Waals surface area contributed by atoms with E-state index in [9.17, 15) is 5.11 Å². The average molecular weight is 1040 g/mol. The van der Waals surface area contributed by atoms with E-state index < -0.39 is 0 Å². The van der Waals surface area contributed by atoms with Gasteiger partial charge in [-0.15, -0.1) is 29.3 Å². The van der Waals surface area contributed by atoms with Gasteiger partial charge in [0, 0.05) is 38.6 Å². The molecule has 0 aliphatic carbocycles. The SMILES string of the molecule is CC(C)c1cc(-c2nc3c(-c4[c-]c(-c5cc(-c6ccc(C(C)(C)C)cc6)ccn5)cc(C(C)(C)C)c4)cccc3n2-c2cc(-c3ccccc3)cc(C(C)(C)C)c2)c(O)c(C(C)C)c1.[Pt]. The van der Waals surface area contributed by atoms with Gasteiger partial charge >= 0.3 is 0 Å². The third-order valence-electron chi connectivity index (χ3n) is 12.7. The van der Waals surface area contributed by atoms with Crippen LogP contribution in [0.1, 0.15) is 130 Å². The molecular formula is C60H64N3OPt-. The van der Waals surface area contributed by atoms with Gasteiger partial charge < -0.3 is 5.11 Å². The van der Waals surface area contributed by atoms with Gasteiger partial charge in [0.1, 0.15) is 11.6 Å². The number of pyridine rings is 1. The average Bonchev–Trinajstić information content (AvgIpc) is 3.65. The number of hydrogen-bond acceptors (Lipinski definition) is 3. The van der Waals surface area contributed by atoms with Crippen LogP contribution < -0.4 is 0 Å². The first-order valence-corrected chi connectivity index (χ1v) is 22.9. The Kier molecular flexibility index (Phi) is 13.1. The maximum absolute atomic E-state index is 12.3. The first-order chi connectivity index (χ1) is 30.2. The van der Waals surface area contributed by atoms with Crippen LogP contribution in [0.15, 0.2) is 134 Å². The first-order valence-electron chi connectivity index (χ1n) is 22.9. The number of fused-ring (bicyclic) bond motifs is 1. The molecule has 2 heterocycles. The number of phenolic OH excluding ortho intramolecular Hbond substituents is 1. The van der Waals surface area contributed by atoms with Crippen LogP contribution in [0.25, 0.3) is 72.7 Å².